The summed E-state index contributed by atoms with van der Waals surface area (Å²) in [5, 5.41) is 9.76. The minimum Gasteiger partial charge on any atom is -0.496 e. The van der Waals surface area contributed by atoms with Gasteiger partial charge in [-0.3, -0.25) is 14.5 Å². The molecule has 0 aliphatic rings. The first kappa shape index (κ1) is 22.9. The van der Waals surface area contributed by atoms with Gasteiger partial charge in [0.15, 0.2) is 10.6 Å². The molecular weight excluding hydrogens is 452 g/mol. The Morgan fingerprint density at radius 3 is 2.44 bits per heavy atom. The van der Waals surface area contributed by atoms with Crippen LogP contribution in [0.1, 0.15) is 15.9 Å². The van der Waals surface area contributed by atoms with Gasteiger partial charge in [-0.15, -0.1) is 0 Å². The van der Waals surface area contributed by atoms with E-state index < -0.39 is 5.97 Å². The van der Waals surface area contributed by atoms with Crippen molar-refractivity contribution < 1.29 is 19.1 Å². The van der Waals surface area contributed by atoms with Crippen LogP contribution in [0.2, 0.25) is 0 Å². The molecule has 4 rings (SSSR count). The Hall–Kier alpha value is -4.24. The number of aromatic amines is 1. The topological polar surface area (TPSA) is 98.2 Å². The first-order valence-electron chi connectivity index (χ1n) is 10.4. The fraction of sp³-hybridized carbons (Fsp3) is 0.120. The van der Waals surface area contributed by atoms with Gasteiger partial charge in [0, 0.05) is 11.3 Å². The molecule has 1 aromatic heterocycles. The van der Waals surface area contributed by atoms with Gasteiger partial charge in [-0.2, -0.15) is 5.10 Å². The number of ether oxygens (including phenoxy) is 2. The lowest BCUT2D eigenvalue weighted by Gasteiger charge is -2.10. The number of aromatic nitrogens is 3. The van der Waals surface area contributed by atoms with Gasteiger partial charge in [-0.05, 0) is 55.5 Å². The third-order valence-electron chi connectivity index (χ3n) is 5.05. The summed E-state index contributed by atoms with van der Waals surface area (Å²) in [6, 6.07) is 21.2. The number of aryl methyl sites for hydroxylation is 1. The molecule has 0 unspecified atom stereocenters. The standard InChI is InChI=1S/C25H22N4O4S/c1-16-7-9-17(10-8-16)23-27-28-25(34)29(23)15-22(30)33-19-13-11-18(12-14-19)26-24(31)20-5-3-4-6-21(20)32-2/h3-14H,15H2,1-2H3,(H,26,31)(H,28,34). The van der Waals surface area contributed by atoms with E-state index in [1.165, 1.54) is 7.11 Å². The van der Waals surface area contributed by atoms with Crippen molar-refractivity contribution in [3.63, 3.8) is 0 Å². The van der Waals surface area contributed by atoms with E-state index in [2.05, 4.69) is 15.5 Å². The van der Waals surface area contributed by atoms with Crippen LogP contribution in [-0.4, -0.2) is 33.8 Å². The molecule has 3 aromatic carbocycles. The van der Waals surface area contributed by atoms with Crippen molar-refractivity contribution in [1.82, 2.24) is 14.8 Å². The van der Waals surface area contributed by atoms with Crippen molar-refractivity contribution in [2.24, 2.45) is 0 Å². The number of carbonyl (C=O) groups is 2. The van der Waals surface area contributed by atoms with Crippen molar-refractivity contribution in [2.75, 3.05) is 12.4 Å². The average molecular weight is 475 g/mol. The fourth-order valence-corrected chi connectivity index (χ4v) is 3.51. The van der Waals surface area contributed by atoms with E-state index in [4.69, 9.17) is 21.7 Å². The van der Waals surface area contributed by atoms with Gasteiger partial charge in [0.05, 0.1) is 12.7 Å². The van der Waals surface area contributed by atoms with Crippen LogP contribution in [0.5, 0.6) is 11.5 Å². The number of anilines is 1. The molecule has 34 heavy (non-hydrogen) atoms. The van der Waals surface area contributed by atoms with E-state index in [0.717, 1.165) is 11.1 Å². The van der Waals surface area contributed by atoms with Crippen molar-refractivity contribution in [1.29, 1.82) is 0 Å². The Balaban J connectivity index is 1.41. The molecule has 0 aliphatic heterocycles. The molecule has 9 heteroatoms. The molecule has 1 amide bonds. The third-order valence-corrected chi connectivity index (χ3v) is 5.36. The van der Waals surface area contributed by atoms with Crippen LogP contribution in [0, 0.1) is 11.7 Å². The molecule has 0 saturated carbocycles. The number of carbonyl (C=O) groups excluding carboxylic acids is 2. The Kier molecular flexibility index (Phi) is 6.84. The summed E-state index contributed by atoms with van der Waals surface area (Å²) in [5.74, 6) is 0.564. The zero-order valence-electron chi connectivity index (χ0n) is 18.6. The van der Waals surface area contributed by atoms with Crippen molar-refractivity contribution >= 4 is 29.8 Å². The number of esters is 1. The molecule has 0 aliphatic carbocycles. The second-order valence-corrected chi connectivity index (χ2v) is 7.84. The van der Waals surface area contributed by atoms with Crippen molar-refractivity contribution in [3.8, 4) is 22.9 Å². The molecule has 172 valence electrons. The van der Waals surface area contributed by atoms with Gasteiger partial charge in [0.1, 0.15) is 18.0 Å². The van der Waals surface area contributed by atoms with Crippen molar-refractivity contribution in [2.45, 2.75) is 13.5 Å². The number of H-pyrrole nitrogens is 1. The van der Waals surface area contributed by atoms with E-state index in [9.17, 15) is 9.59 Å². The Labute approximate surface area is 201 Å². The molecule has 0 fully saturated rings. The monoisotopic (exact) mass is 474 g/mol. The summed E-state index contributed by atoms with van der Waals surface area (Å²) in [4.78, 5) is 25.1. The average Bonchev–Trinajstić information content (AvgIpc) is 3.20. The summed E-state index contributed by atoms with van der Waals surface area (Å²) in [7, 11) is 1.51. The maximum absolute atomic E-state index is 12.6. The number of nitrogens with zero attached hydrogens (tertiary/aromatic N) is 2. The molecule has 0 radical (unpaired) electrons. The second kappa shape index (κ2) is 10.1. The number of benzene rings is 3. The predicted octanol–water partition coefficient (Wildman–Crippen LogP) is 4.78. The molecule has 0 spiro atoms. The molecule has 4 aromatic rings. The lowest BCUT2D eigenvalue weighted by atomic mass is 10.1. The maximum atomic E-state index is 12.6. The number of hydrogen-bond donors (Lipinski definition) is 2. The SMILES string of the molecule is COc1ccccc1C(=O)Nc1ccc(OC(=O)Cn2c(-c3ccc(C)cc3)n[nH]c2=S)cc1. The Bertz CT molecular complexity index is 1380. The number of para-hydroxylation sites is 1. The third kappa shape index (κ3) is 5.21. The molecule has 2 N–H and O–H groups in total. The van der Waals surface area contributed by atoms with E-state index in [-0.39, 0.29) is 12.5 Å². The summed E-state index contributed by atoms with van der Waals surface area (Å²) >= 11 is 5.29. The van der Waals surface area contributed by atoms with Crippen LogP contribution in [0.15, 0.2) is 72.8 Å². The fourth-order valence-electron chi connectivity index (χ4n) is 3.32. The highest BCUT2D eigenvalue weighted by molar-refractivity contribution is 7.71. The largest absolute Gasteiger partial charge is 0.496 e. The number of rotatable bonds is 7. The minimum absolute atomic E-state index is 0.106. The summed E-state index contributed by atoms with van der Waals surface area (Å²) in [6.45, 7) is 1.89. The van der Waals surface area contributed by atoms with Crippen LogP contribution < -0.4 is 14.8 Å². The predicted molar refractivity (Wildman–Crippen MR) is 131 cm³/mol. The van der Waals surface area contributed by atoms with Crippen LogP contribution in [0.4, 0.5) is 5.69 Å². The first-order chi connectivity index (χ1) is 16.4. The van der Waals surface area contributed by atoms with Gasteiger partial charge in [0.25, 0.3) is 5.91 Å². The smallest absolute Gasteiger partial charge is 0.331 e. The minimum atomic E-state index is -0.503. The Morgan fingerprint density at radius 1 is 1.03 bits per heavy atom. The summed E-state index contributed by atoms with van der Waals surface area (Å²) in [5.41, 5.74) is 2.92. The molecule has 0 atom stereocenters. The van der Waals surface area contributed by atoms with E-state index in [1.807, 2.05) is 31.2 Å². The maximum Gasteiger partial charge on any atom is 0.331 e. The van der Waals surface area contributed by atoms with Gasteiger partial charge in [0.2, 0.25) is 0 Å². The first-order valence-corrected chi connectivity index (χ1v) is 10.8. The molecule has 8 nitrogen and oxygen atoms in total. The Morgan fingerprint density at radius 2 is 1.74 bits per heavy atom. The van der Waals surface area contributed by atoms with Gasteiger partial charge in [-0.1, -0.05) is 42.0 Å². The number of amides is 1. The van der Waals surface area contributed by atoms with E-state index >= 15 is 0 Å². The normalized spacial score (nSPS) is 10.5. The number of methoxy groups -OCH3 is 1. The van der Waals surface area contributed by atoms with E-state index in [1.54, 1.807) is 53.1 Å². The summed E-state index contributed by atoms with van der Waals surface area (Å²) in [6.07, 6.45) is 0. The molecule has 1 heterocycles. The number of nitrogens with one attached hydrogen (secondary N) is 2. The van der Waals surface area contributed by atoms with Gasteiger partial charge >= 0.3 is 5.97 Å². The highest BCUT2D eigenvalue weighted by Crippen LogP contribution is 2.22. The quantitative estimate of drug-likeness (QED) is 0.227. The zero-order chi connectivity index (χ0) is 24.1. The zero-order valence-corrected chi connectivity index (χ0v) is 19.4. The lowest BCUT2D eigenvalue weighted by Crippen LogP contribution is -2.17. The molecule has 0 bridgehead atoms. The van der Waals surface area contributed by atoms with E-state index in [0.29, 0.717) is 33.3 Å². The summed E-state index contributed by atoms with van der Waals surface area (Å²) < 4.78 is 12.6. The van der Waals surface area contributed by atoms with Crippen molar-refractivity contribution in [3.05, 3.63) is 88.7 Å². The van der Waals surface area contributed by atoms with Gasteiger partial charge < -0.3 is 14.8 Å². The van der Waals surface area contributed by atoms with Gasteiger partial charge in [-0.25, -0.2) is 4.79 Å². The highest BCUT2D eigenvalue weighted by Gasteiger charge is 2.15. The van der Waals surface area contributed by atoms with Crippen LogP contribution in [-0.2, 0) is 11.3 Å². The molecular formula is C25H22N4O4S. The van der Waals surface area contributed by atoms with Crippen LogP contribution in [0.3, 0.4) is 0 Å². The second-order valence-electron chi connectivity index (χ2n) is 7.46. The van der Waals surface area contributed by atoms with Crippen LogP contribution >= 0.6 is 12.2 Å². The molecule has 0 saturated heterocycles. The highest BCUT2D eigenvalue weighted by atomic mass is 32.1. The number of hydrogen-bond acceptors (Lipinski definition) is 6. The van der Waals surface area contributed by atoms with Crippen LogP contribution in [0.25, 0.3) is 11.4 Å². The lowest BCUT2D eigenvalue weighted by molar-refractivity contribution is -0.135.